The van der Waals surface area contributed by atoms with Crippen LogP contribution >= 0.6 is 0 Å². The quantitative estimate of drug-likeness (QED) is 0.215. The van der Waals surface area contributed by atoms with Crippen LogP contribution in [0.25, 0.3) is 0 Å². The van der Waals surface area contributed by atoms with Crippen molar-refractivity contribution in [3.05, 3.63) is 0 Å². The Hall–Kier alpha value is 0.690. The van der Waals surface area contributed by atoms with Gasteiger partial charge in [-0.25, -0.2) is 0 Å². The van der Waals surface area contributed by atoms with Gasteiger partial charge < -0.3 is 0 Å². The minimum absolute atomic E-state index is 0.446. The van der Waals surface area contributed by atoms with Crippen molar-refractivity contribution in [1.29, 1.82) is 0 Å². The minimum atomic E-state index is 0.446. The summed E-state index contributed by atoms with van der Waals surface area (Å²) < 4.78 is 2.58. The Morgan fingerprint density at radius 1 is 1.86 bits per heavy atom. The number of alkyl halides is 1. The van der Waals surface area contributed by atoms with E-state index in [-0.39, 0.29) is 0 Å². The van der Waals surface area contributed by atoms with E-state index in [1.807, 2.05) is 0 Å². The van der Waals surface area contributed by atoms with E-state index in [9.17, 15) is 0 Å². The van der Waals surface area contributed by atoms with Crippen LogP contribution in [0.3, 0.4) is 0 Å². The molecule has 0 N–H and O–H groups in total. The van der Waals surface area contributed by atoms with Crippen LogP contribution in [-0.2, 0) is 0 Å². The molecule has 1 heterocycles. The van der Waals surface area contributed by atoms with Crippen molar-refractivity contribution in [3.63, 3.8) is 0 Å². The molecular weight excluding hydrogens is 201 g/mol. The Balaban J connectivity index is 2.06. The molecule has 44 valence electrons. The van der Waals surface area contributed by atoms with Crippen LogP contribution in [0.1, 0.15) is 13.3 Å². The third-order valence-corrected chi connectivity index (χ3v) is 3.76. The monoisotopic (exact) mass is 212 g/mol. The molecule has 1 aliphatic heterocycles. The second-order valence-corrected chi connectivity index (χ2v) is 4.02. The fraction of sp³-hybridized carbons (Fsp3) is 1.00. The van der Waals surface area contributed by atoms with Gasteiger partial charge in [0.25, 0.3) is 0 Å². The van der Waals surface area contributed by atoms with Crippen LogP contribution < -0.4 is 21.5 Å². The van der Waals surface area contributed by atoms with Crippen molar-refractivity contribution in [2.24, 2.45) is 0 Å². The molecule has 2 atom stereocenters. The number of halogens is 1. The fourth-order valence-corrected chi connectivity index (χ4v) is 2.72. The van der Waals surface area contributed by atoms with Crippen molar-refractivity contribution in [1.82, 2.24) is 3.11 Å². The Labute approximate surface area is 55.7 Å². The molecule has 1 saturated heterocycles. The normalized spacial score (nSPS) is 39.1. The average Bonchev–Trinajstić information content (AvgIpc) is 2.43. The molecule has 2 heteroatoms. The molecule has 0 amide bonds. The summed E-state index contributed by atoms with van der Waals surface area (Å²) in [4.78, 5) is 2.33. The molecule has 0 aromatic carbocycles. The first-order valence-corrected chi connectivity index (χ1v) is 5.77. The molecule has 1 rings (SSSR count). The van der Waals surface area contributed by atoms with Gasteiger partial charge in [0.15, 0.2) is 0 Å². The molecule has 1 fully saturated rings. The summed E-state index contributed by atoms with van der Waals surface area (Å²) in [6, 6.07) is 0.998. The number of hydrogen-bond acceptors (Lipinski definition) is 1. The van der Waals surface area contributed by atoms with Crippen molar-refractivity contribution in [2.75, 3.05) is 11.5 Å². The van der Waals surface area contributed by atoms with Crippen molar-refractivity contribution in [2.45, 2.75) is 19.4 Å². The molecule has 2 unspecified atom stereocenters. The zero-order chi connectivity index (χ0) is 5.28. The second kappa shape index (κ2) is 2.31. The first-order valence-electron chi connectivity index (χ1n) is 2.65. The standard InChI is InChI=1S/C5H11IN/c1-3-5-4-7(5)6-2/h5H,3-4H2,1-2H3/q-1. The first kappa shape index (κ1) is 5.82. The summed E-state index contributed by atoms with van der Waals surface area (Å²) >= 11 is 0.446. The van der Waals surface area contributed by atoms with E-state index in [2.05, 4.69) is 15.0 Å². The van der Waals surface area contributed by atoms with Crippen LogP contribution in [0.5, 0.6) is 0 Å². The van der Waals surface area contributed by atoms with Gasteiger partial charge in [-0.1, -0.05) is 0 Å². The van der Waals surface area contributed by atoms with Crippen LogP contribution in [0, 0.1) is 0 Å². The third-order valence-electron chi connectivity index (χ3n) is 1.34. The predicted molar refractivity (Wildman–Crippen MR) is 26.7 cm³/mol. The maximum absolute atomic E-state index is 2.58. The molecule has 1 nitrogen and oxygen atoms in total. The Kier molecular flexibility index (Phi) is 1.92. The molecule has 0 aliphatic carbocycles. The zero-order valence-corrected chi connectivity index (χ0v) is 6.97. The zero-order valence-electron chi connectivity index (χ0n) is 4.82. The molecule has 0 aromatic heterocycles. The summed E-state index contributed by atoms with van der Waals surface area (Å²) in [5.74, 6) is 0. The van der Waals surface area contributed by atoms with Crippen molar-refractivity contribution < 1.29 is 21.5 Å². The van der Waals surface area contributed by atoms with Crippen LogP contribution in [0.4, 0.5) is 0 Å². The topological polar surface area (TPSA) is 3.01 Å². The van der Waals surface area contributed by atoms with E-state index in [0.29, 0.717) is 21.5 Å². The molecule has 0 radical (unpaired) electrons. The predicted octanol–water partition coefficient (Wildman–Crippen LogP) is -2.29. The van der Waals surface area contributed by atoms with Gasteiger partial charge in [-0.15, -0.1) is 0 Å². The summed E-state index contributed by atoms with van der Waals surface area (Å²) in [6.07, 6.45) is 1.37. The van der Waals surface area contributed by atoms with Crippen LogP contribution in [-0.4, -0.2) is 20.6 Å². The Bertz CT molecular complexity index is 57.1. The second-order valence-electron chi connectivity index (χ2n) is 1.81. The van der Waals surface area contributed by atoms with Crippen LogP contribution in [0.15, 0.2) is 0 Å². The summed E-state index contributed by atoms with van der Waals surface area (Å²) in [5, 5.41) is 0. The van der Waals surface area contributed by atoms with E-state index in [1.165, 1.54) is 13.0 Å². The summed E-state index contributed by atoms with van der Waals surface area (Å²) in [7, 11) is 0. The van der Waals surface area contributed by atoms with Gasteiger partial charge >= 0.3 is 55.5 Å². The third kappa shape index (κ3) is 1.29. The summed E-state index contributed by atoms with van der Waals surface area (Å²) in [5.41, 5.74) is 0. The molecule has 7 heavy (non-hydrogen) atoms. The Morgan fingerprint density at radius 3 is 2.71 bits per heavy atom. The maximum atomic E-state index is 2.58. The molecule has 0 bridgehead atoms. The first-order chi connectivity index (χ1) is 3.38. The fourth-order valence-electron chi connectivity index (χ4n) is 0.688. The van der Waals surface area contributed by atoms with Gasteiger partial charge in [0.05, 0.1) is 0 Å². The van der Waals surface area contributed by atoms with Gasteiger partial charge in [0.1, 0.15) is 0 Å². The van der Waals surface area contributed by atoms with Crippen molar-refractivity contribution >= 4 is 0 Å². The van der Waals surface area contributed by atoms with Crippen LogP contribution in [0.2, 0.25) is 0 Å². The SMILES string of the molecule is CCC1CN1[I-]C. The molecule has 0 aromatic rings. The number of rotatable bonds is 2. The number of hydrogen-bond donors (Lipinski definition) is 0. The molecule has 0 spiro atoms. The van der Waals surface area contributed by atoms with Gasteiger partial charge in [-0.05, 0) is 0 Å². The van der Waals surface area contributed by atoms with E-state index < -0.39 is 0 Å². The van der Waals surface area contributed by atoms with Crippen molar-refractivity contribution in [3.8, 4) is 0 Å². The van der Waals surface area contributed by atoms with Gasteiger partial charge in [-0.3, -0.25) is 0 Å². The summed E-state index contributed by atoms with van der Waals surface area (Å²) in [6.45, 7) is 3.67. The van der Waals surface area contributed by atoms with Gasteiger partial charge in [0.2, 0.25) is 0 Å². The van der Waals surface area contributed by atoms with E-state index >= 15 is 0 Å². The van der Waals surface area contributed by atoms with E-state index in [4.69, 9.17) is 0 Å². The molecule has 0 saturated carbocycles. The average molecular weight is 212 g/mol. The van der Waals surface area contributed by atoms with Gasteiger partial charge in [0, 0.05) is 0 Å². The molecule has 1 aliphatic rings. The van der Waals surface area contributed by atoms with E-state index in [0.717, 1.165) is 6.04 Å². The molecular formula is C5H11IN-. The van der Waals surface area contributed by atoms with E-state index in [1.54, 1.807) is 0 Å². The Morgan fingerprint density at radius 2 is 2.57 bits per heavy atom. The number of nitrogens with zero attached hydrogens (tertiary/aromatic N) is 1. The van der Waals surface area contributed by atoms with Gasteiger partial charge in [-0.2, -0.15) is 0 Å².